The number of terminal acetylenes is 1. The molecule has 0 fully saturated rings. The molecule has 0 bridgehead atoms. The molecule has 110 valence electrons. The Labute approximate surface area is 130 Å². The monoisotopic (exact) mass is 291 g/mol. The molecule has 22 heavy (non-hydrogen) atoms. The lowest BCUT2D eigenvalue weighted by atomic mass is 9.98. The molecule has 3 heteroatoms. The fraction of sp³-hybridized carbons (Fsp3) is 0.105. The van der Waals surface area contributed by atoms with E-state index < -0.39 is 6.09 Å². The van der Waals surface area contributed by atoms with Gasteiger partial charge < -0.3 is 4.74 Å². The summed E-state index contributed by atoms with van der Waals surface area (Å²) in [5, 5.41) is 0. The van der Waals surface area contributed by atoms with Crippen LogP contribution < -0.4 is 4.90 Å². The van der Waals surface area contributed by atoms with E-state index in [2.05, 4.69) is 12.5 Å². The molecular weight excluding hydrogens is 274 g/mol. The van der Waals surface area contributed by atoms with Gasteiger partial charge >= 0.3 is 6.09 Å². The minimum absolute atomic E-state index is 0.173. The number of rotatable bonds is 4. The first-order valence-corrected chi connectivity index (χ1v) is 6.85. The van der Waals surface area contributed by atoms with Crippen LogP contribution in [0.4, 0.5) is 10.5 Å². The van der Waals surface area contributed by atoms with E-state index in [-0.39, 0.29) is 6.61 Å². The highest BCUT2D eigenvalue weighted by atomic mass is 16.6. The minimum Gasteiger partial charge on any atom is -0.445 e. The molecule has 0 aliphatic heterocycles. The Bertz CT molecular complexity index is 728. The summed E-state index contributed by atoms with van der Waals surface area (Å²) in [7, 11) is 1.67. The number of carbonyl (C=O) groups excluding carboxylic acids is 1. The normalized spacial score (nSPS) is 9.64. The van der Waals surface area contributed by atoms with Crippen molar-refractivity contribution in [3.63, 3.8) is 0 Å². The highest BCUT2D eigenvalue weighted by Gasteiger charge is 2.17. The fourth-order valence-corrected chi connectivity index (χ4v) is 2.16. The van der Waals surface area contributed by atoms with Crippen molar-refractivity contribution in [3.8, 4) is 23.5 Å². The summed E-state index contributed by atoms with van der Waals surface area (Å²) in [6.45, 7) is 3.71. The molecule has 3 nitrogen and oxygen atoms in total. The van der Waals surface area contributed by atoms with Crippen molar-refractivity contribution < 1.29 is 9.53 Å². The number of para-hydroxylation sites is 1. The van der Waals surface area contributed by atoms with Crippen molar-refractivity contribution in [1.29, 1.82) is 0 Å². The molecule has 2 rings (SSSR count). The second-order valence-corrected chi connectivity index (χ2v) is 4.63. The average Bonchev–Trinajstić information content (AvgIpc) is 2.58. The molecular formula is C19H17NO2. The van der Waals surface area contributed by atoms with E-state index in [1.165, 1.54) is 11.0 Å². The molecule has 1 amide bonds. The third-order valence-corrected chi connectivity index (χ3v) is 3.24. The van der Waals surface area contributed by atoms with Gasteiger partial charge in [0, 0.05) is 18.2 Å². The largest absolute Gasteiger partial charge is 0.445 e. The Hall–Kier alpha value is -2.99. The Morgan fingerprint density at radius 3 is 2.55 bits per heavy atom. The van der Waals surface area contributed by atoms with Crippen LogP contribution in [-0.2, 0) is 4.74 Å². The summed E-state index contributed by atoms with van der Waals surface area (Å²) in [4.78, 5) is 13.5. The van der Waals surface area contributed by atoms with E-state index >= 15 is 0 Å². The van der Waals surface area contributed by atoms with Gasteiger partial charge in [0.25, 0.3) is 0 Å². The molecule has 0 saturated heterocycles. The van der Waals surface area contributed by atoms with Crippen LogP contribution in [0.25, 0.3) is 11.1 Å². The van der Waals surface area contributed by atoms with Gasteiger partial charge in [0.2, 0.25) is 0 Å². The molecule has 0 aromatic heterocycles. The van der Waals surface area contributed by atoms with Crippen LogP contribution in [0, 0.1) is 12.3 Å². The van der Waals surface area contributed by atoms with E-state index in [1.54, 1.807) is 7.05 Å². The van der Waals surface area contributed by atoms with Crippen molar-refractivity contribution >= 4 is 11.8 Å². The van der Waals surface area contributed by atoms with Crippen LogP contribution in [0.15, 0.2) is 61.2 Å². The number of hydrogen-bond donors (Lipinski definition) is 0. The lowest BCUT2D eigenvalue weighted by molar-refractivity contribution is 0.167. The van der Waals surface area contributed by atoms with E-state index in [0.717, 1.165) is 22.4 Å². The van der Waals surface area contributed by atoms with Gasteiger partial charge in [-0.2, -0.15) is 0 Å². The number of anilines is 1. The van der Waals surface area contributed by atoms with Crippen LogP contribution in [0.3, 0.4) is 0 Å². The summed E-state index contributed by atoms with van der Waals surface area (Å²) in [5.74, 6) is 2.68. The van der Waals surface area contributed by atoms with Crippen LogP contribution in [0.5, 0.6) is 0 Å². The number of benzene rings is 2. The number of carbonyl (C=O) groups is 1. The SMILES string of the molecule is C#Cc1ccccc1-c1ccccc1N(C)C(=O)OCC=C. The Morgan fingerprint density at radius 1 is 1.23 bits per heavy atom. The second kappa shape index (κ2) is 7.14. The summed E-state index contributed by atoms with van der Waals surface area (Å²) in [5.41, 5.74) is 3.31. The van der Waals surface area contributed by atoms with Crippen LogP contribution in [0.1, 0.15) is 5.56 Å². The molecule has 0 unspecified atom stereocenters. The highest BCUT2D eigenvalue weighted by molar-refractivity contribution is 5.94. The molecule has 2 aromatic rings. The topological polar surface area (TPSA) is 29.5 Å². The maximum absolute atomic E-state index is 12.1. The number of amides is 1. The zero-order valence-corrected chi connectivity index (χ0v) is 12.5. The van der Waals surface area contributed by atoms with Gasteiger partial charge in [-0.15, -0.1) is 6.42 Å². The highest BCUT2D eigenvalue weighted by Crippen LogP contribution is 2.32. The fourth-order valence-electron chi connectivity index (χ4n) is 2.16. The van der Waals surface area contributed by atoms with E-state index in [0.29, 0.717) is 0 Å². The third kappa shape index (κ3) is 3.18. The van der Waals surface area contributed by atoms with E-state index in [9.17, 15) is 4.79 Å². The lowest BCUT2D eigenvalue weighted by Crippen LogP contribution is -2.27. The lowest BCUT2D eigenvalue weighted by Gasteiger charge is -2.20. The zero-order chi connectivity index (χ0) is 15.9. The van der Waals surface area contributed by atoms with Crippen molar-refractivity contribution in [2.75, 3.05) is 18.6 Å². The Balaban J connectivity index is 2.45. The van der Waals surface area contributed by atoms with Gasteiger partial charge in [0.15, 0.2) is 0 Å². The summed E-state index contributed by atoms with van der Waals surface area (Å²) in [6, 6.07) is 15.2. The van der Waals surface area contributed by atoms with Crippen molar-refractivity contribution in [2.24, 2.45) is 0 Å². The predicted molar refractivity (Wildman–Crippen MR) is 89.8 cm³/mol. The Morgan fingerprint density at radius 2 is 1.86 bits per heavy atom. The first kappa shape index (κ1) is 15.4. The second-order valence-electron chi connectivity index (χ2n) is 4.63. The molecule has 0 heterocycles. The summed E-state index contributed by atoms with van der Waals surface area (Å²) >= 11 is 0. The summed E-state index contributed by atoms with van der Waals surface area (Å²) in [6.07, 6.45) is 6.67. The van der Waals surface area contributed by atoms with Gasteiger partial charge in [-0.1, -0.05) is 55.0 Å². The van der Waals surface area contributed by atoms with Crippen molar-refractivity contribution in [2.45, 2.75) is 0 Å². The van der Waals surface area contributed by atoms with Gasteiger partial charge in [-0.25, -0.2) is 4.79 Å². The predicted octanol–water partition coefficient (Wildman–Crippen LogP) is 4.09. The molecule has 0 N–H and O–H groups in total. The van der Waals surface area contributed by atoms with Crippen LogP contribution in [-0.4, -0.2) is 19.7 Å². The zero-order valence-electron chi connectivity index (χ0n) is 12.5. The maximum Gasteiger partial charge on any atom is 0.414 e. The molecule has 0 spiro atoms. The van der Waals surface area contributed by atoms with Crippen molar-refractivity contribution in [1.82, 2.24) is 0 Å². The number of ether oxygens (including phenoxy) is 1. The molecule has 0 saturated carbocycles. The van der Waals surface area contributed by atoms with E-state index in [1.807, 2.05) is 48.5 Å². The quantitative estimate of drug-likeness (QED) is 0.627. The maximum atomic E-state index is 12.1. The smallest absolute Gasteiger partial charge is 0.414 e. The first-order chi connectivity index (χ1) is 10.7. The van der Waals surface area contributed by atoms with Crippen molar-refractivity contribution in [3.05, 3.63) is 66.7 Å². The van der Waals surface area contributed by atoms with Crippen LogP contribution in [0.2, 0.25) is 0 Å². The van der Waals surface area contributed by atoms with Gasteiger partial charge in [-0.3, -0.25) is 4.90 Å². The third-order valence-electron chi connectivity index (χ3n) is 3.24. The van der Waals surface area contributed by atoms with Gasteiger partial charge in [-0.05, 0) is 17.7 Å². The molecule has 0 atom stereocenters. The van der Waals surface area contributed by atoms with Gasteiger partial charge in [0.1, 0.15) is 6.61 Å². The first-order valence-electron chi connectivity index (χ1n) is 6.85. The van der Waals surface area contributed by atoms with E-state index in [4.69, 9.17) is 11.2 Å². The average molecular weight is 291 g/mol. The molecule has 0 radical (unpaired) electrons. The minimum atomic E-state index is -0.439. The van der Waals surface area contributed by atoms with Crippen LogP contribution >= 0.6 is 0 Å². The number of nitrogens with zero attached hydrogens (tertiary/aromatic N) is 1. The molecule has 2 aromatic carbocycles. The molecule has 0 aliphatic carbocycles. The standard InChI is InChI=1S/C19H17NO2/c1-4-14-22-19(21)20(3)18-13-9-8-12-17(18)16-11-7-6-10-15(16)5-2/h2,4,6-13H,1,14H2,3H3. The van der Waals surface area contributed by atoms with Gasteiger partial charge in [0.05, 0.1) is 5.69 Å². The molecule has 0 aliphatic rings. The summed E-state index contributed by atoms with van der Waals surface area (Å²) < 4.78 is 5.08. The number of hydrogen-bond acceptors (Lipinski definition) is 2. The Kier molecular flexibility index (Phi) is 5.00.